The van der Waals surface area contributed by atoms with Crippen LogP contribution >= 0.6 is 0 Å². The summed E-state index contributed by atoms with van der Waals surface area (Å²) in [5.74, 6) is -0.801. The van der Waals surface area contributed by atoms with Gasteiger partial charge in [0.2, 0.25) is 11.8 Å². The number of oxime groups is 1. The van der Waals surface area contributed by atoms with Gasteiger partial charge in [0.15, 0.2) is 5.84 Å². The molecule has 0 aliphatic carbocycles. The molecule has 0 spiro atoms. The van der Waals surface area contributed by atoms with Gasteiger partial charge in [-0.2, -0.15) is 0 Å². The number of nitrogens with two attached hydrogens (primary N) is 2. The molecule has 0 saturated heterocycles. The largest absolute Gasteiger partial charge is 0.409 e. The van der Waals surface area contributed by atoms with Gasteiger partial charge in [0.05, 0.1) is 0 Å². The van der Waals surface area contributed by atoms with Crippen LogP contribution in [0.25, 0.3) is 0 Å². The van der Waals surface area contributed by atoms with Crippen molar-refractivity contribution in [3.05, 3.63) is 0 Å². The Morgan fingerprint density at radius 3 is 2.22 bits per heavy atom. The fourth-order valence-electron chi connectivity index (χ4n) is 1.78. The van der Waals surface area contributed by atoms with Gasteiger partial charge in [-0.25, -0.2) is 0 Å². The van der Waals surface area contributed by atoms with Crippen molar-refractivity contribution in [2.24, 2.45) is 22.0 Å². The summed E-state index contributed by atoms with van der Waals surface area (Å²) in [5, 5.41) is 14.4. The second-order valence-electron chi connectivity index (χ2n) is 4.10. The van der Waals surface area contributed by atoms with Crippen molar-refractivity contribution in [2.45, 2.75) is 39.5 Å². The molecule has 0 saturated carbocycles. The fraction of sp³-hybridized carbons (Fsp3) is 0.727. The lowest BCUT2D eigenvalue weighted by atomic mass is 9.80. The second kappa shape index (κ2) is 7.52. The minimum atomic E-state index is -0.999. The molecule has 0 bridgehead atoms. The number of amidine groups is 1. The fourth-order valence-corrected chi connectivity index (χ4v) is 1.78. The van der Waals surface area contributed by atoms with E-state index in [-0.39, 0.29) is 18.2 Å². The summed E-state index contributed by atoms with van der Waals surface area (Å²) in [4.78, 5) is 22.6. The SMILES string of the molecule is CCC(CC)(C(=O)NCCCC(N)=O)C(N)=NO. The molecule has 18 heavy (non-hydrogen) atoms. The highest BCUT2D eigenvalue weighted by atomic mass is 16.4. The molecule has 0 aromatic heterocycles. The van der Waals surface area contributed by atoms with Crippen molar-refractivity contribution in [3.63, 3.8) is 0 Å². The number of nitrogens with one attached hydrogen (secondary N) is 1. The summed E-state index contributed by atoms with van der Waals surface area (Å²) in [5.41, 5.74) is 9.59. The van der Waals surface area contributed by atoms with Crippen molar-refractivity contribution in [3.8, 4) is 0 Å². The summed E-state index contributed by atoms with van der Waals surface area (Å²) in [6.07, 6.45) is 1.55. The molecule has 0 radical (unpaired) electrons. The first-order valence-corrected chi connectivity index (χ1v) is 5.99. The van der Waals surface area contributed by atoms with Gasteiger partial charge in [0.25, 0.3) is 0 Å². The maximum atomic E-state index is 12.1. The predicted octanol–water partition coefficient (Wildman–Crippen LogP) is -0.0791. The number of primary amides is 1. The lowest BCUT2D eigenvalue weighted by Crippen LogP contribution is -2.49. The summed E-state index contributed by atoms with van der Waals surface area (Å²) >= 11 is 0. The molecule has 104 valence electrons. The molecule has 0 atom stereocenters. The van der Waals surface area contributed by atoms with Crippen molar-refractivity contribution >= 4 is 17.6 Å². The number of carbonyl (C=O) groups excluding carboxylic acids is 2. The van der Waals surface area contributed by atoms with Crippen LogP contribution in [0.2, 0.25) is 0 Å². The first kappa shape index (κ1) is 16.2. The van der Waals surface area contributed by atoms with Crippen LogP contribution in [0.15, 0.2) is 5.16 Å². The molecule has 0 fully saturated rings. The Morgan fingerprint density at radius 1 is 1.28 bits per heavy atom. The van der Waals surface area contributed by atoms with Crippen molar-refractivity contribution < 1.29 is 14.8 Å². The van der Waals surface area contributed by atoms with Gasteiger partial charge in [0.1, 0.15) is 5.41 Å². The quantitative estimate of drug-likeness (QED) is 0.159. The molecule has 0 aromatic carbocycles. The Labute approximate surface area is 107 Å². The van der Waals surface area contributed by atoms with Crippen LogP contribution in [-0.2, 0) is 9.59 Å². The number of rotatable bonds is 8. The van der Waals surface area contributed by atoms with Crippen LogP contribution < -0.4 is 16.8 Å². The summed E-state index contributed by atoms with van der Waals surface area (Å²) < 4.78 is 0. The van der Waals surface area contributed by atoms with E-state index >= 15 is 0 Å². The van der Waals surface area contributed by atoms with Gasteiger partial charge in [-0.1, -0.05) is 19.0 Å². The van der Waals surface area contributed by atoms with Crippen molar-refractivity contribution in [1.82, 2.24) is 5.32 Å². The highest BCUT2D eigenvalue weighted by Crippen LogP contribution is 2.26. The predicted molar refractivity (Wildman–Crippen MR) is 67.9 cm³/mol. The zero-order valence-corrected chi connectivity index (χ0v) is 10.9. The molecule has 0 heterocycles. The standard InChI is InChI=1S/C11H22N4O3/c1-3-11(4-2,9(13)15-18)10(17)14-7-5-6-8(12)16/h18H,3-7H2,1-2H3,(H2,12,16)(H2,13,15)(H,14,17). The third kappa shape index (κ3) is 3.90. The smallest absolute Gasteiger partial charge is 0.233 e. The minimum Gasteiger partial charge on any atom is -0.409 e. The van der Waals surface area contributed by atoms with Crippen molar-refractivity contribution in [1.29, 1.82) is 0 Å². The van der Waals surface area contributed by atoms with Crippen LogP contribution in [0.3, 0.4) is 0 Å². The Morgan fingerprint density at radius 2 is 1.83 bits per heavy atom. The normalized spacial score (nSPS) is 12.2. The number of carbonyl (C=O) groups is 2. The molecule has 7 heteroatoms. The number of hydrogen-bond donors (Lipinski definition) is 4. The first-order chi connectivity index (χ1) is 8.44. The maximum absolute atomic E-state index is 12.1. The van der Waals surface area contributed by atoms with Gasteiger partial charge in [-0.3, -0.25) is 9.59 Å². The first-order valence-electron chi connectivity index (χ1n) is 5.99. The van der Waals surface area contributed by atoms with Gasteiger partial charge >= 0.3 is 0 Å². The van der Waals surface area contributed by atoms with Gasteiger partial charge in [-0.05, 0) is 19.3 Å². The van der Waals surface area contributed by atoms with Crippen LogP contribution in [0, 0.1) is 5.41 Å². The number of nitrogens with zero attached hydrogens (tertiary/aromatic N) is 1. The minimum absolute atomic E-state index is 0.0973. The molecular weight excluding hydrogens is 236 g/mol. The van der Waals surface area contributed by atoms with E-state index in [1.54, 1.807) is 13.8 Å². The van der Waals surface area contributed by atoms with Crippen LogP contribution in [0.1, 0.15) is 39.5 Å². The topological polar surface area (TPSA) is 131 Å². The third-order valence-electron chi connectivity index (χ3n) is 3.13. The van der Waals surface area contributed by atoms with Crippen LogP contribution in [0.4, 0.5) is 0 Å². The van der Waals surface area contributed by atoms with Crippen molar-refractivity contribution in [2.75, 3.05) is 6.54 Å². The van der Waals surface area contributed by atoms with E-state index in [2.05, 4.69) is 10.5 Å². The van der Waals surface area contributed by atoms with Crippen LogP contribution in [0.5, 0.6) is 0 Å². The third-order valence-corrected chi connectivity index (χ3v) is 3.13. The average Bonchev–Trinajstić information content (AvgIpc) is 2.36. The number of hydrogen-bond acceptors (Lipinski definition) is 4. The molecule has 0 aliphatic rings. The Balaban J connectivity index is 4.55. The van der Waals surface area contributed by atoms with Crippen LogP contribution in [-0.4, -0.2) is 29.4 Å². The molecule has 0 aliphatic heterocycles. The second-order valence-corrected chi connectivity index (χ2v) is 4.10. The molecule has 0 aromatic rings. The highest BCUT2D eigenvalue weighted by molar-refractivity contribution is 6.06. The summed E-state index contributed by atoms with van der Waals surface area (Å²) in [6, 6.07) is 0. The molecule has 0 unspecified atom stereocenters. The zero-order chi connectivity index (χ0) is 14.2. The van der Waals surface area contributed by atoms with E-state index in [4.69, 9.17) is 16.7 Å². The lowest BCUT2D eigenvalue weighted by molar-refractivity contribution is -0.128. The maximum Gasteiger partial charge on any atom is 0.233 e. The molecule has 6 N–H and O–H groups in total. The van der Waals surface area contributed by atoms with E-state index in [9.17, 15) is 9.59 Å². The lowest BCUT2D eigenvalue weighted by Gasteiger charge is -2.28. The van der Waals surface area contributed by atoms with Gasteiger partial charge in [0, 0.05) is 13.0 Å². The number of amides is 2. The monoisotopic (exact) mass is 258 g/mol. The van der Waals surface area contributed by atoms with Gasteiger partial charge in [-0.15, -0.1) is 0 Å². The van der Waals surface area contributed by atoms with E-state index in [1.807, 2.05) is 0 Å². The molecular formula is C11H22N4O3. The Kier molecular flexibility index (Phi) is 6.77. The average molecular weight is 258 g/mol. The highest BCUT2D eigenvalue weighted by Gasteiger charge is 2.39. The Hall–Kier alpha value is -1.79. The van der Waals surface area contributed by atoms with E-state index < -0.39 is 11.3 Å². The van der Waals surface area contributed by atoms with E-state index in [1.165, 1.54) is 0 Å². The van der Waals surface area contributed by atoms with Gasteiger partial charge < -0.3 is 22.0 Å². The molecule has 0 rings (SSSR count). The molecule has 2 amide bonds. The Bertz CT molecular complexity index is 324. The van der Waals surface area contributed by atoms with E-state index in [0.29, 0.717) is 25.8 Å². The molecule has 7 nitrogen and oxygen atoms in total. The van der Waals surface area contributed by atoms with E-state index in [0.717, 1.165) is 0 Å². The zero-order valence-electron chi connectivity index (χ0n) is 10.9. The summed E-state index contributed by atoms with van der Waals surface area (Å²) in [6.45, 7) is 3.93. The summed E-state index contributed by atoms with van der Waals surface area (Å²) in [7, 11) is 0.